The van der Waals surface area contributed by atoms with Crippen LogP contribution >= 0.6 is 24.0 Å². The minimum Gasteiger partial charge on any atom is -0.497 e. The summed E-state index contributed by atoms with van der Waals surface area (Å²) in [6, 6.07) is 14.6. The predicted octanol–water partition coefficient (Wildman–Crippen LogP) is 3.20. The monoisotopic (exact) mass is 481 g/mol. The summed E-state index contributed by atoms with van der Waals surface area (Å²) in [5, 5.41) is 6.74. The Morgan fingerprint density at radius 1 is 1.07 bits per heavy atom. The maximum Gasteiger partial charge on any atom is 0.190 e. The molecule has 3 rings (SSSR count). The van der Waals surface area contributed by atoms with Crippen LogP contribution < -0.4 is 20.1 Å². The average Bonchev–Trinajstić information content (AvgIpc) is 3.15. The molecule has 0 aromatic heterocycles. The second kappa shape index (κ2) is 11.0. The second-order valence-electron chi connectivity index (χ2n) is 6.32. The van der Waals surface area contributed by atoms with Crippen LogP contribution in [-0.4, -0.2) is 39.8 Å². The summed E-state index contributed by atoms with van der Waals surface area (Å²) in [7, 11) is 3.49. The minimum absolute atomic E-state index is 0. The molecule has 27 heavy (non-hydrogen) atoms. The van der Waals surface area contributed by atoms with E-state index in [4.69, 9.17) is 9.47 Å². The average molecular weight is 481 g/mol. The lowest BCUT2D eigenvalue weighted by atomic mass is 10.1. The number of halogens is 1. The number of hydrogen-bond donors (Lipinski definition) is 2. The first-order chi connectivity index (χ1) is 12.8. The number of nitrogens with one attached hydrogen (secondary N) is 2. The zero-order valence-electron chi connectivity index (χ0n) is 16.0. The van der Waals surface area contributed by atoms with Crippen LogP contribution in [0.3, 0.4) is 0 Å². The summed E-state index contributed by atoms with van der Waals surface area (Å²) in [5.41, 5.74) is 3.89. The fourth-order valence-electron chi connectivity index (χ4n) is 3.09. The van der Waals surface area contributed by atoms with Gasteiger partial charge in [0.1, 0.15) is 11.5 Å². The Morgan fingerprint density at radius 3 is 2.52 bits per heavy atom. The van der Waals surface area contributed by atoms with Crippen molar-refractivity contribution >= 4 is 29.9 Å². The molecule has 0 atom stereocenters. The third-order valence-corrected chi connectivity index (χ3v) is 4.52. The zero-order chi connectivity index (χ0) is 18.2. The highest BCUT2D eigenvalue weighted by Gasteiger charge is 2.11. The van der Waals surface area contributed by atoms with Crippen molar-refractivity contribution in [1.29, 1.82) is 0 Å². The molecule has 2 N–H and O–H groups in total. The molecule has 0 radical (unpaired) electrons. The lowest BCUT2D eigenvalue weighted by Gasteiger charge is -2.12. The topological polar surface area (TPSA) is 54.9 Å². The molecule has 1 heterocycles. The molecule has 0 unspecified atom stereocenters. The highest BCUT2D eigenvalue weighted by atomic mass is 127. The lowest BCUT2D eigenvalue weighted by Crippen LogP contribution is -2.39. The fraction of sp³-hybridized carbons (Fsp3) is 0.381. The van der Waals surface area contributed by atoms with E-state index in [2.05, 4.69) is 46.0 Å². The molecule has 0 spiro atoms. The van der Waals surface area contributed by atoms with E-state index in [9.17, 15) is 0 Å². The maximum atomic E-state index is 5.56. The van der Waals surface area contributed by atoms with Gasteiger partial charge in [0.25, 0.3) is 0 Å². The van der Waals surface area contributed by atoms with E-state index in [1.54, 1.807) is 14.2 Å². The molecule has 1 aliphatic heterocycles. The van der Waals surface area contributed by atoms with Crippen molar-refractivity contribution in [2.24, 2.45) is 4.99 Å². The largest absolute Gasteiger partial charge is 0.497 e. The van der Waals surface area contributed by atoms with Crippen LogP contribution in [0.2, 0.25) is 0 Å². The lowest BCUT2D eigenvalue weighted by molar-refractivity contribution is 0.357. The molecule has 0 fully saturated rings. The predicted molar refractivity (Wildman–Crippen MR) is 121 cm³/mol. The second-order valence-corrected chi connectivity index (χ2v) is 6.32. The van der Waals surface area contributed by atoms with Gasteiger partial charge in [-0.05, 0) is 47.7 Å². The summed E-state index contributed by atoms with van der Waals surface area (Å²) < 4.78 is 10.8. The number of nitrogens with zero attached hydrogens (tertiary/aromatic N) is 1. The molecule has 0 saturated heterocycles. The Morgan fingerprint density at radius 2 is 1.81 bits per heavy atom. The SMILES string of the molecule is CN=C(NCCc1cccc(OC)c1)NCCc1ccc2c(c1)CCO2.I. The summed E-state index contributed by atoms with van der Waals surface area (Å²) >= 11 is 0. The number of hydrogen-bond acceptors (Lipinski definition) is 3. The van der Waals surface area contributed by atoms with Crippen molar-refractivity contribution in [1.82, 2.24) is 10.6 Å². The van der Waals surface area contributed by atoms with Gasteiger partial charge in [0.2, 0.25) is 0 Å². The van der Waals surface area contributed by atoms with E-state index in [1.807, 2.05) is 12.1 Å². The molecular weight excluding hydrogens is 453 g/mol. The Bertz CT molecular complexity index is 765. The number of benzene rings is 2. The molecule has 0 aliphatic carbocycles. The highest BCUT2D eigenvalue weighted by molar-refractivity contribution is 14.0. The van der Waals surface area contributed by atoms with Crippen molar-refractivity contribution in [2.45, 2.75) is 19.3 Å². The molecule has 0 amide bonds. The van der Waals surface area contributed by atoms with Crippen molar-refractivity contribution in [3.05, 3.63) is 59.2 Å². The highest BCUT2D eigenvalue weighted by Crippen LogP contribution is 2.25. The quantitative estimate of drug-likeness (QED) is 0.363. The number of ether oxygens (including phenoxy) is 2. The van der Waals surface area contributed by atoms with Crippen LogP contribution in [0, 0.1) is 0 Å². The van der Waals surface area contributed by atoms with E-state index >= 15 is 0 Å². The third kappa shape index (κ3) is 6.30. The Hall–Kier alpha value is -1.96. The summed E-state index contributed by atoms with van der Waals surface area (Å²) in [6.07, 6.45) is 2.90. The van der Waals surface area contributed by atoms with E-state index in [-0.39, 0.29) is 24.0 Å². The van der Waals surface area contributed by atoms with Gasteiger partial charge in [0, 0.05) is 26.6 Å². The molecule has 6 heteroatoms. The molecule has 2 aromatic carbocycles. The van der Waals surface area contributed by atoms with E-state index < -0.39 is 0 Å². The van der Waals surface area contributed by atoms with Crippen LogP contribution in [0.15, 0.2) is 47.5 Å². The summed E-state index contributed by atoms with van der Waals surface area (Å²) in [4.78, 5) is 4.29. The van der Waals surface area contributed by atoms with Crippen LogP contribution in [0.5, 0.6) is 11.5 Å². The van der Waals surface area contributed by atoms with Gasteiger partial charge < -0.3 is 20.1 Å². The minimum atomic E-state index is 0. The zero-order valence-corrected chi connectivity index (χ0v) is 18.3. The standard InChI is InChI=1S/C21H27N3O2.HI/c1-22-21(23-11-8-16-4-3-5-19(15-16)25-2)24-12-9-17-6-7-20-18(14-17)10-13-26-20;/h3-7,14-15H,8-13H2,1-2H3,(H2,22,23,24);1H. The van der Waals surface area contributed by atoms with Gasteiger partial charge in [-0.3, -0.25) is 4.99 Å². The number of rotatable bonds is 7. The van der Waals surface area contributed by atoms with Crippen molar-refractivity contribution < 1.29 is 9.47 Å². The normalized spacial score (nSPS) is 12.6. The van der Waals surface area contributed by atoms with Gasteiger partial charge in [-0.1, -0.05) is 24.3 Å². The molecule has 0 bridgehead atoms. The molecule has 2 aromatic rings. The van der Waals surface area contributed by atoms with Gasteiger partial charge >= 0.3 is 0 Å². The maximum absolute atomic E-state index is 5.56. The Balaban J connectivity index is 0.00000261. The first-order valence-corrected chi connectivity index (χ1v) is 9.10. The molecule has 146 valence electrons. The molecule has 1 aliphatic rings. The first kappa shape index (κ1) is 21.3. The number of guanidine groups is 1. The number of fused-ring (bicyclic) bond motifs is 1. The fourth-order valence-corrected chi connectivity index (χ4v) is 3.09. The Kier molecular flexibility index (Phi) is 8.71. The third-order valence-electron chi connectivity index (χ3n) is 4.52. The number of methoxy groups -OCH3 is 1. The van der Waals surface area contributed by atoms with Gasteiger partial charge in [0.05, 0.1) is 13.7 Å². The summed E-state index contributed by atoms with van der Waals surface area (Å²) in [5.74, 6) is 2.76. The smallest absolute Gasteiger partial charge is 0.190 e. The van der Waals surface area contributed by atoms with Crippen LogP contribution in [0.4, 0.5) is 0 Å². The van der Waals surface area contributed by atoms with Crippen LogP contribution in [0.1, 0.15) is 16.7 Å². The van der Waals surface area contributed by atoms with E-state index in [0.29, 0.717) is 0 Å². The van der Waals surface area contributed by atoms with Gasteiger partial charge in [0.15, 0.2) is 5.96 Å². The van der Waals surface area contributed by atoms with Gasteiger partial charge in [-0.2, -0.15) is 0 Å². The van der Waals surface area contributed by atoms with Crippen LogP contribution in [-0.2, 0) is 19.3 Å². The van der Waals surface area contributed by atoms with E-state index in [0.717, 1.165) is 56.4 Å². The molecule has 5 nitrogen and oxygen atoms in total. The van der Waals surface area contributed by atoms with E-state index in [1.165, 1.54) is 16.7 Å². The van der Waals surface area contributed by atoms with Crippen molar-refractivity contribution in [2.75, 3.05) is 33.9 Å². The van der Waals surface area contributed by atoms with Gasteiger partial charge in [-0.15, -0.1) is 24.0 Å². The summed E-state index contributed by atoms with van der Waals surface area (Å²) in [6.45, 7) is 2.47. The molecular formula is C21H28IN3O2. The molecule has 0 saturated carbocycles. The number of aliphatic imine (C=N–C) groups is 1. The van der Waals surface area contributed by atoms with Crippen molar-refractivity contribution in [3.63, 3.8) is 0 Å². The first-order valence-electron chi connectivity index (χ1n) is 9.10. The van der Waals surface area contributed by atoms with Crippen LogP contribution in [0.25, 0.3) is 0 Å². The Labute approximate surface area is 178 Å². The van der Waals surface area contributed by atoms with Crippen molar-refractivity contribution in [3.8, 4) is 11.5 Å². The van der Waals surface area contributed by atoms with Gasteiger partial charge in [-0.25, -0.2) is 0 Å².